The number of hydrogen-bond acceptors (Lipinski definition) is 4. The molecule has 1 saturated carbocycles. The number of nitrogens with zero attached hydrogens (tertiary/aromatic N) is 1. The number of aromatic nitrogens is 1. The third-order valence-electron chi connectivity index (χ3n) is 4.09. The van der Waals surface area contributed by atoms with E-state index in [2.05, 4.69) is 4.98 Å². The average Bonchev–Trinajstić information content (AvgIpc) is 3.40. The van der Waals surface area contributed by atoms with E-state index in [0.717, 1.165) is 5.56 Å². The van der Waals surface area contributed by atoms with Crippen LogP contribution in [0, 0.1) is 5.92 Å². The second kappa shape index (κ2) is 7.60. The highest BCUT2D eigenvalue weighted by atomic mass is 35.5. The van der Waals surface area contributed by atoms with E-state index in [1.165, 1.54) is 25.2 Å². The highest BCUT2D eigenvalue weighted by molar-refractivity contribution is 6.35. The number of pyridine rings is 1. The van der Waals surface area contributed by atoms with Crippen LogP contribution < -0.4 is 9.47 Å². The van der Waals surface area contributed by atoms with Gasteiger partial charge in [-0.2, -0.15) is 0 Å². The maximum atomic E-state index is 10.6. The molecule has 3 rings (SSSR count). The van der Waals surface area contributed by atoms with E-state index in [1.54, 1.807) is 13.2 Å². The minimum atomic E-state index is -0.753. The predicted molar refractivity (Wildman–Crippen MR) is 94.1 cm³/mol. The average molecular weight is 368 g/mol. The summed E-state index contributed by atoms with van der Waals surface area (Å²) in [5.41, 5.74) is 1.41. The Morgan fingerprint density at radius 3 is 2.54 bits per heavy atom. The van der Waals surface area contributed by atoms with Crippen LogP contribution in [0.5, 0.6) is 11.5 Å². The van der Waals surface area contributed by atoms with Gasteiger partial charge < -0.3 is 14.6 Å². The van der Waals surface area contributed by atoms with Gasteiger partial charge in [-0.25, -0.2) is 0 Å². The van der Waals surface area contributed by atoms with E-state index < -0.39 is 6.10 Å². The topological polar surface area (TPSA) is 51.6 Å². The molecule has 0 spiro atoms. The minimum Gasteiger partial charge on any atom is -0.493 e. The van der Waals surface area contributed by atoms with Crippen molar-refractivity contribution in [3.63, 3.8) is 0 Å². The molecule has 1 aliphatic carbocycles. The Bertz CT molecular complexity index is 699. The zero-order valence-corrected chi connectivity index (χ0v) is 14.8. The van der Waals surface area contributed by atoms with Gasteiger partial charge in [0.2, 0.25) is 0 Å². The van der Waals surface area contributed by atoms with E-state index >= 15 is 0 Å². The van der Waals surface area contributed by atoms with Crippen molar-refractivity contribution in [1.82, 2.24) is 4.98 Å². The summed E-state index contributed by atoms with van der Waals surface area (Å²) in [4.78, 5) is 3.93. The Morgan fingerprint density at radius 1 is 1.21 bits per heavy atom. The molecule has 1 aromatic carbocycles. The van der Waals surface area contributed by atoms with E-state index in [1.807, 2.05) is 12.1 Å². The molecule has 0 unspecified atom stereocenters. The number of methoxy groups -OCH3 is 1. The van der Waals surface area contributed by atoms with E-state index in [-0.39, 0.29) is 0 Å². The standard InChI is InChI=1S/C18H19Cl2NO3/c1-23-17-5-4-12(6-18(17)24-10-11-2-3-11)16(22)7-13-14(19)8-21-9-15(13)20/h4-6,8-9,11,16,22H,2-3,7,10H2,1H3/t16-/m0/s1. The van der Waals surface area contributed by atoms with Crippen LogP contribution in [0.3, 0.4) is 0 Å². The third kappa shape index (κ3) is 4.12. The van der Waals surface area contributed by atoms with Gasteiger partial charge in [0.05, 0.1) is 29.9 Å². The zero-order valence-electron chi connectivity index (χ0n) is 13.3. The molecule has 128 valence electrons. The normalized spacial score (nSPS) is 15.2. The van der Waals surface area contributed by atoms with Gasteiger partial charge >= 0.3 is 0 Å². The Morgan fingerprint density at radius 2 is 1.92 bits per heavy atom. The summed E-state index contributed by atoms with van der Waals surface area (Å²) in [6.07, 6.45) is 5.01. The molecule has 0 aliphatic heterocycles. The molecule has 1 fully saturated rings. The summed E-state index contributed by atoms with van der Waals surface area (Å²) >= 11 is 12.3. The summed E-state index contributed by atoms with van der Waals surface area (Å²) in [5, 5.41) is 11.5. The molecule has 24 heavy (non-hydrogen) atoms. The lowest BCUT2D eigenvalue weighted by Gasteiger charge is -2.16. The molecule has 4 nitrogen and oxygen atoms in total. The highest BCUT2D eigenvalue weighted by Crippen LogP contribution is 2.35. The van der Waals surface area contributed by atoms with E-state index in [4.69, 9.17) is 32.7 Å². The van der Waals surface area contributed by atoms with Gasteiger partial charge in [-0.05, 0) is 42.0 Å². The molecular weight excluding hydrogens is 349 g/mol. The van der Waals surface area contributed by atoms with Gasteiger partial charge in [-0.15, -0.1) is 0 Å². The van der Waals surface area contributed by atoms with Crippen molar-refractivity contribution >= 4 is 23.2 Å². The lowest BCUT2D eigenvalue weighted by Crippen LogP contribution is -2.06. The van der Waals surface area contributed by atoms with Crippen molar-refractivity contribution < 1.29 is 14.6 Å². The molecule has 0 saturated heterocycles. The minimum absolute atomic E-state index is 0.300. The fourth-order valence-corrected chi connectivity index (χ4v) is 2.97. The molecule has 1 atom stereocenters. The van der Waals surface area contributed by atoms with Crippen LogP contribution in [0.4, 0.5) is 0 Å². The number of ether oxygens (including phenoxy) is 2. The smallest absolute Gasteiger partial charge is 0.161 e. The molecule has 0 radical (unpaired) electrons. The first-order chi connectivity index (χ1) is 11.6. The van der Waals surface area contributed by atoms with Gasteiger partial charge in [-0.3, -0.25) is 4.98 Å². The highest BCUT2D eigenvalue weighted by Gasteiger charge is 2.23. The van der Waals surface area contributed by atoms with Crippen molar-refractivity contribution in [3.8, 4) is 11.5 Å². The molecule has 1 N–H and O–H groups in total. The number of rotatable bonds is 7. The number of benzene rings is 1. The SMILES string of the molecule is COc1ccc([C@@H](O)Cc2c(Cl)cncc2Cl)cc1OCC1CC1. The largest absolute Gasteiger partial charge is 0.493 e. The lowest BCUT2D eigenvalue weighted by molar-refractivity contribution is 0.177. The maximum Gasteiger partial charge on any atom is 0.161 e. The summed E-state index contributed by atoms with van der Waals surface area (Å²) in [6, 6.07) is 5.43. The fraction of sp³-hybridized carbons (Fsp3) is 0.389. The monoisotopic (exact) mass is 367 g/mol. The summed E-state index contributed by atoms with van der Waals surface area (Å²) < 4.78 is 11.2. The Balaban J connectivity index is 1.78. The van der Waals surface area contributed by atoms with Crippen LogP contribution in [0.15, 0.2) is 30.6 Å². The second-order valence-electron chi connectivity index (χ2n) is 5.97. The number of aliphatic hydroxyl groups excluding tert-OH is 1. The lowest BCUT2D eigenvalue weighted by atomic mass is 10.0. The van der Waals surface area contributed by atoms with Crippen LogP contribution in [0.25, 0.3) is 0 Å². The first kappa shape index (κ1) is 17.3. The van der Waals surface area contributed by atoms with Gasteiger partial charge in [0.15, 0.2) is 11.5 Å². The Labute approximate surface area is 151 Å². The van der Waals surface area contributed by atoms with E-state index in [9.17, 15) is 5.11 Å². The van der Waals surface area contributed by atoms with Crippen molar-refractivity contribution in [3.05, 3.63) is 51.8 Å². The van der Waals surface area contributed by atoms with Gasteiger partial charge in [-0.1, -0.05) is 29.3 Å². The predicted octanol–water partition coefficient (Wildman–Crippen LogP) is 4.46. The molecule has 1 heterocycles. The van der Waals surface area contributed by atoms with Crippen LogP contribution in [0.1, 0.15) is 30.1 Å². The van der Waals surface area contributed by atoms with Gasteiger partial charge in [0.25, 0.3) is 0 Å². The van der Waals surface area contributed by atoms with Crippen LogP contribution in [0.2, 0.25) is 10.0 Å². The van der Waals surface area contributed by atoms with Gasteiger partial charge in [0.1, 0.15) is 0 Å². The molecular formula is C18H19Cl2NO3. The zero-order chi connectivity index (χ0) is 17.1. The molecule has 1 aliphatic rings. The van der Waals surface area contributed by atoms with Crippen LogP contribution in [-0.4, -0.2) is 23.8 Å². The van der Waals surface area contributed by atoms with Crippen molar-refractivity contribution in [2.75, 3.05) is 13.7 Å². The number of aliphatic hydroxyl groups is 1. The van der Waals surface area contributed by atoms with Crippen molar-refractivity contribution in [2.24, 2.45) is 5.92 Å². The van der Waals surface area contributed by atoms with E-state index in [0.29, 0.717) is 46.1 Å². The second-order valence-corrected chi connectivity index (χ2v) is 6.78. The quantitative estimate of drug-likeness (QED) is 0.784. The summed E-state index contributed by atoms with van der Waals surface area (Å²) in [6.45, 7) is 0.678. The molecule has 1 aromatic heterocycles. The third-order valence-corrected chi connectivity index (χ3v) is 4.75. The van der Waals surface area contributed by atoms with Crippen LogP contribution >= 0.6 is 23.2 Å². The fourth-order valence-electron chi connectivity index (χ4n) is 2.45. The van der Waals surface area contributed by atoms with Crippen molar-refractivity contribution in [2.45, 2.75) is 25.4 Å². The first-order valence-corrected chi connectivity index (χ1v) is 8.60. The maximum absolute atomic E-state index is 10.6. The molecule has 6 heteroatoms. The number of hydrogen-bond donors (Lipinski definition) is 1. The Hall–Kier alpha value is -1.49. The number of halogens is 2. The summed E-state index contributed by atoms with van der Waals surface area (Å²) in [5.74, 6) is 1.94. The molecule has 0 amide bonds. The van der Waals surface area contributed by atoms with Gasteiger partial charge in [0, 0.05) is 18.8 Å². The Kier molecular flexibility index (Phi) is 5.49. The van der Waals surface area contributed by atoms with Crippen molar-refractivity contribution in [1.29, 1.82) is 0 Å². The molecule has 2 aromatic rings. The summed E-state index contributed by atoms with van der Waals surface area (Å²) in [7, 11) is 1.60. The van der Waals surface area contributed by atoms with Crippen LogP contribution in [-0.2, 0) is 6.42 Å². The molecule has 0 bridgehead atoms. The first-order valence-electron chi connectivity index (χ1n) is 7.85.